The Bertz CT molecular complexity index is 751. The van der Waals surface area contributed by atoms with E-state index in [1.165, 1.54) is 0 Å². The van der Waals surface area contributed by atoms with Crippen molar-refractivity contribution in [3.63, 3.8) is 0 Å². The Kier molecular flexibility index (Phi) is 6.56. The molecule has 1 aromatic rings. The number of benzene rings is 1. The molecule has 0 radical (unpaired) electrons. The zero-order chi connectivity index (χ0) is 19.3. The standard InChI is InChI=1S/C14H13F3O7S/c15-14(16,17)25(22,23)24-10(11(12(18)19)13(20)21)8-4-7-9-5-2-1-3-6-9/h1-3,5-6H,4,7-8H2,(H,18,19)(H,20,21). The lowest BCUT2D eigenvalue weighted by Gasteiger charge is -2.14. The summed E-state index contributed by atoms with van der Waals surface area (Å²) in [7, 11) is -6.19. The third kappa shape index (κ3) is 5.78. The molecule has 0 atom stereocenters. The number of allylic oxidation sites excluding steroid dienone is 1. The molecule has 0 aliphatic heterocycles. The molecule has 25 heavy (non-hydrogen) atoms. The van der Waals surface area contributed by atoms with Crippen LogP contribution in [0.15, 0.2) is 41.7 Å². The van der Waals surface area contributed by atoms with E-state index >= 15 is 0 Å². The molecule has 1 rings (SSSR count). The Hall–Kier alpha value is -2.56. The van der Waals surface area contributed by atoms with E-state index in [9.17, 15) is 31.2 Å². The highest BCUT2D eigenvalue weighted by Crippen LogP contribution is 2.29. The third-order valence-corrected chi connectivity index (χ3v) is 3.90. The summed E-state index contributed by atoms with van der Waals surface area (Å²) in [4.78, 5) is 21.9. The van der Waals surface area contributed by atoms with E-state index in [0.717, 1.165) is 5.56 Å². The van der Waals surface area contributed by atoms with Crippen molar-refractivity contribution >= 4 is 22.1 Å². The fourth-order valence-electron chi connectivity index (χ4n) is 1.82. The third-order valence-electron chi connectivity index (χ3n) is 2.91. The van der Waals surface area contributed by atoms with Crippen LogP contribution in [0.25, 0.3) is 0 Å². The molecule has 0 amide bonds. The monoisotopic (exact) mass is 382 g/mol. The molecule has 1 aromatic carbocycles. The Morgan fingerprint density at radius 3 is 2.00 bits per heavy atom. The summed E-state index contributed by atoms with van der Waals surface area (Å²) < 4.78 is 63.2. The lowest BCUT2D eigenvalue weighted by atomic mass is 10.1. The van der Waals surface area contributed by atoms with Gasteiger partial charge in [-0.15, -0.1) is 0 Å². The molecule has 0 saturated heterocycles. The summed E-state index contributed by atoms with van der Waals surface area (Å²) in [6.07, 6.45) is -0.415. The van der Waals surface area contributed by atoms with E-state index in [4.69, 9.17) is 10.2 Å². The molecule has 0 bridgehead atoms. The number of alkyl halides is 3. The second kappa shape index (κ2) is 8.01. The van der Waals surface area contributed by atoms with E-state index in [1.807, 2.05) is 0 Å². The van der Waals surface area contributed by atoms with Crippen molar-refractivity contribution in [2.75, 3.05) is 0 Å². The summed E-state index contributed by atoms with van der Waals surface area (Å²) >= 11 is 0. The van der Waals surface area contributed by atoms with Gasteiger partial charge in [-0.3, -0.25) is 0 Å². The minimum atomic E-state index is -6.19. The van der Waals surface area contributed by atoms with Crippen molar-refractivity contribution in [2.45, 2.75) is 24.8 Å². The maximum atomic E-state index is 12.4. The van der Waals surface area contributed by atoms with Crippen LogP contribution in [0.4, 0.5) is 13.2 Å². The maximum absolute atomic E-state index is 12.4. The van der Waals surface area contributed by atoms with E-state index in [0.29, 0.717) is 0 Å². The van der Waals surface area contributed by atoms with Gasteiger partial charge in [0.15, 0.2) is 5.57 Å². The number of hydrogen-bond donors (Lipinski definition) is 2. The Labute approximate surface area is 140 Å². The SMILES string of the molecule is O=C(O)C(C(=O)O)=C(CCCc1ccccc1)OS(=O)(=O)C(F)(F)F. The van der Waals surface area contributed by atoms with Crippen LogP contribution in [0.3, 0.4) is 0 Å². The number of carboxylic acids is 2. The van der Waals surface area contributed by atoms with Crippen LogP contribution >= 0.6 is 0 Å². The minimum absolute atomic E-state index is 0.0310. The molecule has 2 N–H and O–H groups in total. The summed E-state index contributed by atoms with van der Waals surface area (Å²) in [5, 5.41) is 17.7. The number of halogens is 3. The van der Waals surface area contributed by atoms with Crippen LogP contribution in [0, 0.1) is 0 Å². The zero-order valence-electron chi connectivity index (χ0n) is 12.5. The summed E-state index contributed by atoms with van der Waals surface area (Å²) in [5.41, 5.74) is -6.65. The highest BCUT2D eigenvalue weighted by atomic mass is 32.2. The summed E-state index contributed by atoms with van der Waals surface area (Å²) in [5.74, 6) is -5.51. The van der Waals surface area contributed by atoms with Gasteiger partial charge in [-0.25, -0.2) is 9.59 Å². The van der Waals surface area contributed by atoms with E-state index in [2.05, 4.69) is 4.18 Å². The van der Waals surface area contributed by atoms with E-state index in [1.54, 1.807) is 30.3 Å². The molecule has 0 unspecified atom stereocenters. The van der Waals surface area contributed by atoms with Gasteiger partial charge in [-0.05, 0) is 18.4 Å². The molecule has 0 saturated carbocycles. The second-order valence-corrected chi connectivity index (χ2v) is 6.27. The van der Waals surface area contributed by atoms with Gasteiger partial charge in [-0.1, -0.05) is 30.3 Å². The molecular weight excluding hydrogens is 369 g/mol. The first-order chi connectivity index (χ1) is 11.5. The Morgan fingerprint density at radius 2 is 1.56 bits per heavy atom. The normalized spacial score (nSPS) is 11.6. The highest BCUT2D eigenvalue weighted by Gasteiger charge is 2.49. The average molecular weight is 382 g/mol. The van der Waals surface area contributed by atoms with Crippen LogP contribution < -0.4 is 0 Å². The van der Waals surface area contributed by atoms with Crippen molar-refractivity contribution in [2.24, 2.45) is 0 Å². The van der Waals surface area contributed by atoms with Gasteiger partial charge in [0.1, 0.15) is 5.76 Å². The van der Waals surface area contributed by atoms with Gasteiger partial charge in [0.2, 0.25) is 0 Å². The fraction of sp³-hybridized carbons (Fsp3) is 0.286. The molecule has 0 spiro atoms. The highest BCUT2D eigenvalue weighted by molar-refractivity contribution is 7.87. The molecular formula is C14H13F3O7S. The number of carbonyl (C=O) groups is 2. The lowest BCUT2D eigenvalue weighted by molar-refractivity contribution is -0.140. The summed E-state index contributed by atoms with van der Waals surface area (Å²) in [6, 6.07) is 8.48. The van der Waals surface area contributed by atoms with E-state index in [-0.39, 0.29) is 12.8 Å². The second-order valence-electron chi connectivity index (χ2n) is 4.73. The average Bonchev–Trinajstić information content (AvgIpc) is 2.45. The zero-order valence-corrected chi connectivity index (χ0v) is 13.3. The van der Waals surface area contributed by atoms with Crippen LogP contribution in [0.2, 0.25) is 0 Å². The molecule has 0 aliphatic carbocycles. The Morgan fingerprint density at radius 1 is 1.04 bits per heavy atom. The first-order valence-electron chi connectivity index (χ1n) is 6.70. The van der Waals surface area contributed by atoms with Crippen LogP contribution in [-0.4, -0.2) is 36.1 Å². The van der Waals surface area contributed by atoms with Gasteiger partial charge in [0.05, 0.1) is 0 Å². The summed E-state index contributed by atoms with van der Waals surface area (Å²) in [6.45, 7) is 0. The number of hydrogen-bond acceptors (Lipinski definition) is 5. The fourth-order valence-corrected chi connectivity index (χ4v) is 2.34. The van der Waals surface area contributed by atoms with E-state index < -0.39 is 45.3 Å². The number of aliphatic carboxylic acids is 2. The first kappa shape index (κ1) is 20.5. The predicted octanol–water partition coefficient (Wildman–Crippen LogP) is 2.30. The number of aryl methyl sites for hydroxylation is 1. The molecule has 138 valence electrons. The van der Waals surface area contributed by atoms with Gasteiger partial charge < -0.3 is 14.4 Å². The molecule has 0 heterocycles. The lowest BCUT2D eigenvalue weighted by Crippen LogP contribution is -2.27. The molecule has 0 fully saturated rings. The van der Waals surface area contributed by atoms with Gasteiger partial charge >= 0.3 is 27.6 Å². The first-order valence-corrected chi connectivity index (χ1v) is 8.11. The molecule has 11 heteroatoms. The number of rotatable bonds is 8. The van der Waals surface area contributed by atoms with Crippen molar-refractivity contribution in [1.82, 2.24) is 0 Å². The Balaban J connectivity index is 3.10. The maximum Gasteiger partial charge on any atom is 0.534 e. The number of carboxylic acid groups (broad SMARTS) is 2. The van der Waals surface area contributed by atoms with Crippen LogP contribution in [0.5, 0.6) is 0 Å². The van der Waals surface area contributed by atoms with Crippen molar-refractivity contribution in [3.8, 4) is 0 Å². The van der Waals surface area contributed by atoms with Crippen LogP contribution in [0.1, 0.15) is 18.4 Å². The van der Waals surface area contributed by atoms with Crippen molar-refractivity contribution in [3.05, 3.63) is 47.2 Å². The van der Waals surface area contributed by atoms with Gasteiger partial charge in [-0.2, -0.15) is 21.6 Å². The largest absolute Gasteiger partial charge is 0.534 e. The molecule has 0 aromatic heterocycles. The minimum Gasteiger partial charge on any atom is -0.477 e. The van der Waals surface area contributed by atoms with Gasteiger partial charge in [0.25, 0.3) is 0 Å². The van der Waals surface area contributed by atoms with Crippen molar-refractivity contribution in [1.29, 1.82) is 0 Å². The molecule has 0 aliphatic rings. The van der Waals surface area contributed by atoms with Crippen LogP contribution in [-0.2, 0) is 30.3 Å². The quantitative estimate of drug-likeness (QED) is 0.177. The molecule has 7 nitrogen and oxygen atoms in total. The topological polar surface area (TPSA) is 118 Å². The van der Waals surface area contributed by atoms with Gasteiger partial charge in [0, 0.05) is 6.42 Å². The smallest absolute Gasteiger partial charge is 0.477 e. The van der Waals surface area contributed by atoms with Crippen molar-refractivity contribution < 1.29 is 45.6 Å². The predicted molar refractivity (Wildman–Crippen MR) is 77.7 cm³/mol.